The van der Waals surface area contributed by atoms with Gasteiger partial charge >= 0.3 is 0 Å². The summed E-state index contributed by atoms with van der Waals surface area (Å²) in [5, 5.41) is 20.0. The molecule has 1 unspecified atom stereocenters. The van der Waals surface area contributed by atoms with Crippen molar-refractivity contribution in [1.82, 2.24) is 0 Å². The Morgan fingerprint density at radius 2 is 1.65 bits per heavy atom. The number of rotatable bonds is 1. The van der Waals surface area contributed by atoms with Crippen LogP contribution in [0.15, 0.2) is 12.1 Å². The zero-order valence-electron chi connectivity index (χ0n) is 11.2. The Morgan fingerprint density at radius 3 is 2.18 bits per heavy atom. The van der Waals surface area contributed by atoms with E-state index in [0.29, 0.717) is 5.75 Å². The molecule has 1 aromatic carbocycles. The van der Waals surface area contributed by atoms with E-state index in [1.165, 1.54) is 6.42 Å². The predicted molar refractivity (Wildman–Crippen MR) is 69.5 cm³/mol. The maximum absolute atomic E-state index is 10.2. The van der Waals surface area contributed by atoms with E-state index < -0.39 is 0 Å². The molecule has 0 bridgehead atoms. The van der Waals surface area contributed by atoms with Crippen LogP contribution in [0.3, 0.4) is 0 Å². The molecule has 1 saturated carbocycles. The summed E-state index contributed by atoms with van der Waals surface area (Å²) in [6.45, 7) is 8.50. The fraction of sp³-hybridized carbons (Fsp3) is 0.600. The Labute approximate surface area is 103 Å². The van der Waals surface area contributed by atoms with Gasteiger partial charge in [-0.1, -0.05) is 27.2 Å². The van der Waals surface area contributed by atoms with Crippen molar-refractivity contribution in [3.05, 3.63) is 23.3 Å². The van der Waals surface area contributed by atoms with Gasteiger partial charge in [0.1, 0.15) is 11.5 Å². The van der Waals surface area contributed by atoms with Gasteiger partial charge < -0.3 is 10.2 Å². The molecule has 0 radical (unpaired) electrons. The average molecular weight is 234 g/mol. The SMILES string of the molecule is Cc1cc(O)c(C2(C)CCCC2(C)C)cc1O. The first-order valence-corrected chi connectivity index (χ1v) is 6.31. The highest BCUT2D eigenvalue weighted by Crippen LogP contribution is 2.56. The highest BCUT2D eigenvalue weighted by atomic mass is 16.3. The second-order valence-electron chi connectivity index (χ2n) is 6.23. The van der Waals surface area contributed by atoms with Crippen molar-refractivity contribution in [1.29, 1.82) is 0 Å². The summed E-state index contributed by atoms with van der Waals surface area (Å²) in [5.41, 5.74) is 1.72. The van der Waals surface area contributed by atoms with E-state index in [2.05, 4.69) is 20.8 Å². The first-order chi connectivity index (χ1) is 7.78. The highest BCUT2D eigenvalue weighted by molar-refractivity contribution is 5.49. The van der Waals surface area contributed by atoms with E-state index >= 15 is 0 Å². The van der Waals surface area contributed by atoms with E-state index in [4.69, 9.17) is 0 Å². The van der Waals surface area contributed by atoms with Crippen molar-refractivity contribution in [3.8, 4) is 11.5 Å². The molecule has 1 aliphatic rings. The van der Waals surface area contributed by atoms with Crippen LogP contribution in [0, 0.1) is 12.3 Å². The molecular weight excluding hydrogens is 212 g/mol. The monoisotopic (exact) mass is 234 g/mol. The van der Waals surface area contributed by atoms with Gasteiger partial charge in [0.15, 0.2) is 0 Å². The van der Waals surface area contributed by atoms with Crippen LogP contribution in [0.25, 0.3) is 0 Å². The van der Waals surface area contributed by atoms with E-state index in [1.54, 1.807) is 19.1 Å². The van der Waals surface area contributed by atoms with Gasteiger partial charge in [-0.15, -0.1) is 0 Å². The van der Waals surface area contributed by atoms with Gasteiger partial charge in [0.2, 0.25) is 0 Å². The summed E-state index contributed by atoms with van der Waals surface area (Å²) in [6, 6.07) is 3.42. The van der Waals surface area contributed by atoms with Crippen LogP contribution in [0.2, 0.25) is 0 Å². The van der Waals surface area contributed by atoms with Gasteiger partial charge in [0, 0.05) is 11.0 Å². The maximum atomic E-state index is 10.2. The first kappa shape index (κ1) is 12.3. The fourth-order valence-corrected chi connectivity index (χ4v) is 3.12. The average Bonchev–Trinajstić information content (AvgIpc) is 2.48. The van der Waals surface area contributed by atoms with Gasteiger partial charge in [0.05, 0.1) is 0 Å². The third-order valence-electron chi connectivity index (χ3n) is 4.88. The molecule has 0 amide bonds. The second kappa shape index (κ2) is 3.66. The summed E-state index contributed by atoms with van der Waals surface area (Å²) in [7, 11) is 0. The number of aromatic hydroxyl groups is 2. The van der Waals surface area contributed by atoms with E-state index in [9.17, 15) is 10.2 Å². The lowest BCUT2D eigenvalue weighted by molar-refractivity contribution is 0.218. The summed E-state index contributed by atoms with van der Waals surface area (Å²) in [5.74, 6) is 0.597. The Hall–Kier alpha value is -1.18. The first-order valence-electron chi connectivity index (χ1n) is 6.31. The lowest BCUT2D eigenvalue weighted by Crippen LogP contribution is -2.34. The summed E-state index contributed by atoms with van der Waals surface area (Å²) in [6.07, 6.45) is 3.41. The molecule has 2 heteroatoms. The summed E-state index contributed by atoms with van der Waals surface area (Å²) in [4.78, 5) is 0. The number of phenolic OH excluding ortho intramolecular Hbond substituents is 2. The van der Waals surface area contributed by atoms with Gasteiger partial charge in [-0.2, -0.15) is 0 Å². The third-order valence-corrected chi connectivity index (χ3v) is 4.88. The number of aryl methyl sites for hydroxylation is 1. The fourth-order valence-electron chi connectivity index (χ4n) is 3.12. The number of hydrogen-bond acceptors (Lipinski definition) is 2. The Morgan fingerprint density at radius 1 is 1.00 bits per heavy atom. The van der Waals surface area contributed by atoms with Gasteiger partial charge in [-0.25, -0.2) is 0 Å². The van der Waals surface area contributed by atoms with Crippen molar-refractivity contribution in [2.24, 2.45) is 5.41 Å². The smallest absolute Gasteiger partial charge is 0.119 e. The zero-order valence-corrected chi connectivity index (χ0v) is 11.2. The molecule has 0 saturated heterocycles. The molecular formula is C15H22O2. The van der Waals surface area contributed by atoms with Crippen molar-refractivity contribution >= 4 is 0 Å². The van der Waals surface area contributed by atoms with E-state index in [-0.39, 0.29) is 16.6 Å². The van der Waals surface area contributed by atoms with Crippen LogP contribution in [-0.2, 0) is 5.41 Å². The molecule has 2 N–H and O–H groups in total. The molecule has 1 aromatic rings. The maximum Gasteiger partial charge on any atom is 0.119 e. The lowest BCUT2D eigenvalue weighted by Gasteiger charge is -2.39. The molecule has 94 valence electrons. The van der Waals surface area contributed by atoms with E-state index in [1.807, 2.05) is 0 Å². The Balaban J connectivity index is 2.57. The minimum absolute atomic E-state index is 0.0533. The predicted octanol–water partition coefficient (Wildman–Crippen LogP) is 3.87. The molecule has 0 spiro atoms. The lowest BCUT2D eigenvalue weighted by atomic mass is 9.65. The third kappa shape index (κ3) is 1.70. The van der Waals surface area contributed by atoms with Crippen molar-refractivity contribution < 1.29 is 10.2 Å². The second-order valence-corrected chi connectivity index (χ2v) is 6.23. The molecule has 1 fully saturated rings. The molecule has 2 rings (SSSR count). The van der Waals surface area contributed by atoms with Gasteiger partial charge in [0.25, 0.3) is 0 Å². The summed E-state index contributed by atoms with van der Waals surface area (Å²) < 4.78 is 0. The largest absolute Gasteiger partial charge is 0.508 e. The topological polar surface area (TPSA) is 40.5 Å². The molecule has 2 nitrogen and oxygen atoms in total. The minimum Gasteiger partial charge on any atom is -0.508 e. The van der Waals surface area contributed by atoms with Crippen molar-refractivity contribution in [3.63, 3.8) is 0 Å². The molecule has 0 aliphatic heterocycles. The van der Waals surface area contributed by atoms with Crippen molar-refractivity contribution in [2.75, 3.05) is 0 Å². The molecule has 1 aliphatic carbocycles. The van der Waals surface area contributed by atoms with E-state index in [0.717, 1.165) is 24.0 Å². The van der Waals surface area contributed by atoms with Gasteiger partial charge in [-0.3, -0.25) is 0 Å². The van der Waals surface area contributed by atoms with Crippen LogP contribution in [0.1, 0.15) is 51.2 Å². The minimum atomic E-state index is -0.0533. The number of benzene rings is 1. The summed E-state index contributed by atoms with van der Waals surface area (Å²) >= 11 is 0. The van der Waals surface area contributed by atoms with Crippen LogP contribution in [-0.4, -0.2) is 10.2 Å². The zero-order chi connectivity index (χ0) is 12.8. The highest BCUT2D eigenvalue weighted by Gasteiger charge is 2.47. The molecule has 17 heavy (non-hydrogen) atoms. The standard InChI is InChI=1S/C15H22O2/c1-10-8-13(17)11(9-12(10)16)15(4)7-5-6-14(15,2)3/h8-9,16-17H,5-7H2,1-4H3. The molecule has 0 heterocycles. The van der Waals surface area contributed by atoms with Gasteiger partial charge in [-0.05, 0) is 42.9 Å². The Kier molecular flexibility index (Phi) is 2.64. The van der Waals surface area contributed by atoms with Crippen LogP contribution in [0.4, 0.5) is 0 Å². The van der Waals surface area contributed by atoms with Crippen LogP contribution < -0.4 is 0 Å². The van der Waals surface area contributed by atoms with Crippen molar-refractivity contribution in [2.45, 2.75) is 52.4 Å². The Bertz CT molecular complexity index is 448. The quantitative estimate of drug-likeness (QED) is 0.724. The van der Waals surface area contributed by atoms with Crippen LogP contribution in [0.5, 0.6) is 11.5 Å². The normalized spacial score (nSPS) is 27.3. The molecule has 1 atom stereocenters. The molecule has 0 aromatic heterocycles. The van der Waals surface area contributed by atoms with Crippen LogP contribution >= 0.6 is 0 Å². The number of hydrogen-bond donors (Lipinski definition) is 2. The number of phenols is 2.